The van der Waals surface area contributed by atoms with Crippen molar-refractivity contribution in [1.82, 2.24) is 19.9 Å². The number of benzene rings is 2. The van der Waals surface area contributed by atoms with E-state index in [-0.39, 0.29) is 17.8 Å². The molecule has 0 unspecified atom stereocenters. The molecule has 1 amide bonds. The van der Waals surface area contributed by atoms with E-state index >= 15 is 0 Å². The Morgan fingerprint density at radius 1 is 0.974 bits per heavy atom. The Labute approximate surface area is 222 Å². The molecule has 4 aromatic rings. The second-order valence-electron chi connectivity index (χ2n) is 10.9. The predicted molar refractivity (Wildman–Crippen MR) is 146 cm³/mol. The van der Waals surface area contributed by atoms with Crippen LogP contribution in [0.25, 0.3) is 16.7 Å². The zero-order valence-electron chi connectivity index (χ0n) is 21.7. The first-order valence-electron chi connectivity index (χ1n) is 13.9. The number of hydrogen-bond donors (Lipinski definition) is 1. The first-order valence-corrected chi connectivity index (χ1v) is 13.9. The number of piperidine rings is 1. The zero-order chi connectivity index (χ0) is 25.9. The number of amides is 1. The molecule has 1 N–H and O–H groups in total. The van der Waals surface area contributed by atoms with Crippen LogP contribution < -0.4 is 5.32 Å². The molecule has 6 nitrogen and oxygen atoms in total. The van der Waals surface area contributed by atoms with Gasteiger partial charge in [0.2, 0.25) is 0 Å². The largest absolute Gasteiger partial charge is 0.356 e. The summed E-state index contributed by atoms with van der Waals surface area (Å²) in [5.41, 5.74) is 3.30. The topological polar surface area (TPSA) is 63.3 Å². The van der Waals surface area contributed by atoms with E-state index in [2.05, 4.69) is 15.4 Å². The van der Waals surface area contributed by atoms with Gasteiger partial charge in [-0.2, -0.15) is 0 Å². The van der Waals surface area contributed by atoms with Crippen molar-refractivity contribution in [1.29, 1.82) is 0 Å². The van der Waals surface area contributed by atoms with E-state index in [1.807, 2.05) is 53.4 Å². The molecule has 0 atom stereocenters. The van der Waals surface area contributed by atoms with Gasteiger partial charge in [0.25, 0.3) is 5.91 Å². The molecule has 38 heavy (non-hydrogen) atoms. The lowest BCUT2D eigenvalue weighted by Gasteiger charge is -2.34. The Bertz CT molecular complexity index is 1350. The van der Waals surface area contributed by atoms with Gasteiger partial charge in [-0.25, -0.2) is 4.39 Å². The van der Waals surface area contributed by atoms with Crippen molar-refractivity contribution in [3.05, 3.63) is 84.1 Å². The SMILES string of the molecule is O=C(NC1CCC(CCN2CCC(c3noc4cc(F)ccc34)CC2)CC1)c1ccc(-n2cccc2)cc1. The third kappa shape index (κ3) is 5.53. The maximum atomic E-state index is 13.5. The van der Waals surface area contributed by atoms with Crippen molar-refractivity contribution >= 4 is 16.9 Å². The van der Waals surface area contributed by atoms with Gasteiger partial charge < -0.3 is 19.3 Å². The van der Waals surface area contributed by atoms with E-state index in [0.29, 0.717) is 11.5 Å². The van der Waals surface area contributed by atoms with Gasteiger partial charge in [-0.3, -0.25) is 4.79 Å². The van der Waals surface area contributed by atoms with Crippen LogP contribution in [0.2, 0.25) is 0 Å². The lowest BCUT2D eigenvalue weighted by molar-refractivity contribution is 0.0919. The highest BCUT2D eigenvalue weighted by molar-refractivity contribution is 5.94. The minimum atomic E-state index is -0.287. The normalized spacial score (nSPS) is 21.1. The Hall–Kier alpha value is -3.45. The average Bonchev–Trinajstić information content (AvgIpc) is 3.64. The van der Waals surface area contributed by atoms with Gasteiger partial charge in [0.1, 0.15) is 5.82 Å². The number of carbonyl (C=O) groups is 1. The van der Waals surface area contributed by atoms with E-state index in [1.165, 1.54) is 31.4 Å². The third-order valence-corrected chi connectivity index (χ3v) is 8.50. The molecule has 2 fully saturated rings. The molecule has 198 valence electrons. The van der Waals surface area contributed by atoms with Gasteiger partial charge in [0, 0.05) is 47.1 Å². The summed E-state index contributed by atoms with van der Waals surface area (Å²) in [5.74, 6) is 0.851. The van der Waals surface area contributed by atoms with Crippen molar-refractivity contribution in [3.63, 3.8) is 0 Å². The van der Waals surface area contributed by atoms with Crippen molar-refractivity contribution < 1.29 is 13.7 Å². The molecule has 3 heterocycles. The number of nitrogens with one attached hydrogen (secondary N) is 1. The Morgan fingerprint density at radius 2 is 1.71 bits per heavy atom. The molecule has 2 aromatic carbocycles. The number of hydrogen-bond acceptors (Lipinski definition) is 4. The van der Waals surface area contributed by atoms with Gasteiger partial charge in [0.05, 0.1) is 5.69 Å². The van der Waals surface area contributed by atoms with Gasteiger partial charge in [-0.15, -0.1) is 0 Å². The highest BCUT2D eigenvalue weighted by Crippen LogP contribution is 2.33. The van der Waals surface area contributed by atoms with E-state index < -0.39 is 0 Å². The maximum Gasteiger partial charge on any atom is 0.251 e. The van der Waals surface area contributed by atoms with E-state index in [9.17, 15) is 9.18 Å². The number of rotatable bonds is 7. The summed E-state index contributed by atoms with van der Waals surface area (Å²) in [6, 6.07) is 16.7. The van der Waals surface area contributed by atoms with Crippen molar-refractivity contribution in [2.45, 2.75) is 56.9 Å². The fourth-order valence-electron chi connectivity index (χ4n) is 6.18. The molecule has 1 aliphatic heterocycles. The fraction of sp³-hybridized carbons (Fsp3) is 0.419. The zero-order valence-corrected chi connectivity index (χ0v) is 21.7. The Morgan fingerprint density at radius 3 is 2.45 bits per heavy atom. The summed E-state index contributed by atoms with van der Waals surface area (Å²) in [6.45, 7) is 3.26. The molecule has 7 heteroatoms. The average molecular weight is 515 g/mol. The molecular formula is C31H35FN4O2. The van der Waals surface area contributed by atoms with Crippen LogP contribution in [0, 0.1) is 11.7 Å². The molecule has 2 aromatic heterocycles. The number of likely N-dealkylation sites (tertiary alicyclic amines) is 1. The number of fused-ring (bicyclic) bond motifs is 1. The van der Waals surface area contributed by atoms with Crippen LogP contribution in [0.5, 0.6) is 0 Å². The number of carbonyl (C=O) groups excluding carboxylic acids is 1. The van der Waals surface area contributed by atoms with E-state index in [1.54, 1.807) is 6.07 Å². The predicted octanol–water partition coefficient (Wildman–Crippen LogP) is 6.32. The molecule has 1 aliphatic carbocycles. The second kappa shape index (κ2) is 11.1. The monoisotopic (exact) mass is 514 g/mol. The smallest absolute Gasteiger partial charge is 0.251 e. The van der Waals surface area contributed by atoms with Crippen LogP contribution in [0.4, 0.5) is 4.39 Å². The van der Waals surface area contributed by atoms with Gasteiger partial charge in [0.15, 0.2) is 5.58 Å². The van der Waals surface area contributed by atoms with Gasteiger partial charge in [-0.1, -0.05) is 5.16 Å². The maximum absolute atomic E-state index is 13.5. The molecule has 0 radical (unpaired) electrons. The molecule has 0 bridgehead atoms. The summed E-state index contributed by atoms with van der Waals surface area (Å²) < 4.78 is 20.9. The summed E-state index contributed by atoms with van der Waals surface area (Å²) in [5, 5.41) is 8.48. The second-order valence-corrected chi connectivity index (χ2v) is 10.9. The van der Waals surface area contributed by atoms with E-state index in [4.69, 9.17) is 4.52 Å². The third-order valence-electron chi connectivity index (χ3n) is 8.50. The molecule has 1 saturated carbocycles. The Balaban J connectivity index is 0.915. The molecule has 2 aliphatic rings. The lowest BCUT2D eigenvalue weighted by Crippen LogP contribution is -2.38. The summed E-state index contributed by atoms with van der Waals surface area (Å²) in [4.78, 5) is 15.3. The highest BCUT2D eigenvalue weighted by atomic mass is 19.1. The molecule has 6 rings (SSSR count). The molecular weight excluding hydrogens is 479 g/mol. The van der Waals surface area contributed by atoms with Crippen LogP contribution in [0.15, 0.2) is 71.5 Å². The number of halogens is 1. The molecule has 1 saturated heterocycles. The van der Waals surface area contributed by atoms with Crippen LogP contribution >= 0.6 is 0 Å². The summed E-state index contributed by atoms with van der Waals surface area (Å²) in [7, 11) is 0. The Kier molecular flexibility index (Phi) is 7.27. The van der Waals surface area contributed by atoms with Crippen LogP contribution in [0.1, 0.15) is 66.9 Å². The lowest BCUT2D eigenvalue weighted by atomic mass is 9.83. The van der Waals surface area contributed by atoms with Crippen LogP contribution in [0.3, 0.4) is 0 Å². The van der Waals surface area contributed by atoms with Crippen LogP contribution in [-0.2, 0) is 0 Å². The standard InChI is InChI=1S/C31H35FN4O2/c32-25-7-12-28-29(21-25)38-34-30(28)23-14-19-35(20-15-23)18-13-22-3-8-26(9-4-22)33-31(37)24-5-10-27(11-6-24)36-16-1-2-17-36/h1-2,5-7,10-12,16-17,21-23,26H,3-4,8-9,13-15,18-20H2,(H,33,37). The van der Waals surface area contributed by atoms with Crippen molar-refractivity contribution in [2.24, 2.45) is 5.92 Å². The minimum Gasteiger partial charge on any atom is -0.356 e. The van der Waals surface area contributed by atoms with E-state index in [0.717, 1.165) is 73.6 Å². The first-order chi connectivity index (χ1) is 18.6. The summed E-state index contributed by atoms with van der Waals surface area (Å²) in [6.07, 6.45) is 11.8. The number of aromatic nitrogens is 2. The first kappa shape index (κ1) is 24.9. The van der Waals surface area contributed by atoms with Gasteiger partial charge >= 0.3 is 0 Å². The minimum absolute atomic E-state index is 0.0282. The quantitative estimate of drug-likeness (QED) is 0.314. The molecule has 0 spiro atoms. The van der Waals surface area contributed by atoms with Crippen molar-refractivity contribution in [2.75, 3.05) is 19.6 Å². The number of nitrogens with zero attached hydrogens (tertiary/aromatic N) is 3. The van der Waals surface area contributed by atoms with Crippen molar-refractivity contribution in [3.8, 4) is 5.69 Å². The van der Waals surface area contributed by atoms with Crippen LogP contribution in [-0.4, -0.2) is 46.2 Å². The van der Waals surface area contributed by atoms with Gasteiger partial charge in [-0.05, 0) is 119 Å². The highest BCUT2D eigenvalue weighted by Gasteiger charge is 2.27. The fourth-order valence-corrected chi connectivity index (χ4v) is 6.18. The summed E-state index contributed by atoms with van der Waals surface area (Å²) >= 11 is 0.